The molecule has 1 aliphatic rings. The van der Waals surface area contributed by atoms with E-state index in [1.165, 1.54) is 19.2 Å². The lowest BCUT2D eigenvalue weighted by Gasteiger charge is -2.11. The zero-order chi connectivity index (χ0) is 9.97. The van der Waals surface area contributed by atoms with Crippen LogP contribution in [-0.4, -0.2) is 30.2 Å². The third-order valence-electron chi connectivity index (χ3n) is 2.16. The lowest BCUT2D eigenvalue weighted by molar-refractivity contribution is 0.415. The van der Waals surface area contributed by atoms with Crippen LogP contribution in [0.3, 0.4) is 0 Å². The van der Waals surface area contributed by atoms with Crippen LogP contribution in [0.1, 0.15) is 12.8 Å². The Hall–Kier alpha value is -1.52. The Labute approximate surface area is 82.9 Å². The van der Waals surface area contributed by atoms with Gasteiger partial charge in [0.15, 0.2) is 11.6 Å². The maximum absolute atomic E-state index is 5.25. The molecule has 5 nitrogen and oxygen atoms in total. The van der Waals surface area contributed by atoms with Crippen LogP contribution in [0.25, 0.3) is 0 Å². The Balaban J connectivity index is 2.26. The zero-order valence-electron chi connectivity index (χ0n) is 8.37. The maximum atomic E-state index is 5.25. The molecule has 2 rings (SSSR count). The first-order valence-corrected chi connectivity index (χ1v) is 4.68. The predicted octanol–water partition coefficient (Wildman–Crippen LogP) is 1.10. The van der Waals surface area contributed by atoms with Gasteiger partial charge in [-0.2, -0.15) is 0 Å². The lowest BCUT2D eigenvalue weighted by Crippen LogP contribution is -2.07. The van der Waals surface area contributed by atoms with Crippen LogP contribution in [0.5, 0.6) is 5.75 Å². The number of nitrogens with zero attached hydrogens (tertiary/aromatic N) is 2. The Morgan fingerprint density at radius 2 is 2.07 bits per heavy atom. The van der Waals surface area contributed by atoms with E-state index in [9.17, 15) is 0 Å². The minimum Gasteiger partial charge on any atom is -0.490 e. The van der Waals surface area contributed by atoms with E-state index in [2.05, 4.69) is 20.6 Å². The molecule has 2 N–H and O–H groups in total. The van der Waals surface area contributed by atoms with E-state index >= 15 is 0 Å². The van der Waals surface area contributed by atoms with Gasteiger partial charge in [-0.05, 0) is 12.8 Å². The number of ether oxygens (including phenoxy) is 1. The van der Waals surface area contributed by atoms with Gasteiger partial charge in [-0.1, -0.05) is 0 Å². The normalized spacial score (nSPS) is 15.0. The average molecular weight is 194 g/mol. The molecule has 5 heteroatoms. The standard InChI is InChI=1S/C9H14N4O/c1-10-8-7(14-2)9(12-5-11-8)13-6-3-4-6/h5-6H,3-4H2,1-2H3,(H2,10,11,12,13). The number of nitrogens with one attached hydrogen (secondary N) is 2. The van der Waals surface area contributed by atoms with Crippen molar-refractivity contribution in [1.29, 1.82) is 0 Å². The Kier molecular flexibility index (Phi) is 2.39. The van der Waals surface area contributed by atoms with Gasteiger partial charge in [0, 0.05) is 13.1 Å². The number of methoxy groups -OCH3 is 1. The summed E-state index contributed by atoms with van der Waals surface area (Å²) in [5.41, 5.74) is 0. The van der Waals surface area contributed by atoms with Crippen LogP contribution in [0, 0.1) is 0 Å². The van der Waals surface area contributed by atoms with Crippen molar-refractivity contribution >= 4 is 11.6 Å². The van der Waals surface area contributed by atoms with Crippen molar-refractivity contribution in [2.45, 2.75) is 18.9 Å². The van der Waals surface area contributed by atoms with Crippen LogP contribution < -0.4 is 15.4 Å². The molecule has 0 spiro atoms. The van der Waals surface area contributed by atoms with Gasteiger partial charge in [0.25, 0.3) is 0 Å². The molecule has 1 fully saturated rings. The van der Waals surface area contributed by atoms with Gasteiger partial charge in [-0.25, -0.2) is 9.97 Å². The molecule has 0 aromatic carbocycles. The molecule has 0 amide bonds. The summed E-state index contributed by atoms with van der Waals surface area (Å²) < 4.78 is 5.25. The molecular formula is C9H14N4O. The molecule has 0 radical (unpaired) electrons. The Morgan fingerprint density at radius 1 is 1.36 bits per heavy atom. The molecular weight excluding hydrogens is 180 g/mol. The Morgan fingerprint density at radius 3 is 2.64 bits per heavy atom. The van der Waals surface area contributed by atoms with Crippen LogP contribution in [-0.2, 0) is 0 Å². The highest BCUT2D eigenvalue weighted by molar-refractivity contribution is 5.63. The average Bonchev–Trinajstić information content (AvgIpc) is 3.01. The number of hydrogen-bond donors (Lipinski definition) is 2. The third-order valence-corrected chi connectivity index (χ3v) is 2.16. The van der Waals surface area contributed by atoms with E-state index in [0.717, 1.165) is 5.82 Å². The molecule has 0 aliphatic heterocycles. The van der Waals surface area contributed by atoms with Gasteiger partial charge in [0.05, 0.1) is 7.11 Å². The van der Waals surface area contributed by atoms with E-state index in [0.29, 0.717) is 17.6 Å². The molecule has 14 heavy (non-hydrogen) atoms. The number of hydrogen-bond acceptors (Lipinski definition) is 5. The van der Waals surface area contributed by atoms with Gasteiger partial charge < -0.3 is 15.4 Å². The lowest BCUT2D eigenvalue weighted by atomic mass is 10.4. The molecule has 1 heterocycles. The highest BCUT2D eigenvalue weighted by atomic mass is 16.5. The van der Waals surface area contributed by atoms with Crippen LogP contribution in [0.4, 0.5) is 11.6 Å². The van der Waals surface area contributed by atoms with Crippen molar-refractivity contribution in [3.63, 3.8) is 0 Å². The van der Waals surface area contributed by atoms with Crippen LogP contribution >= 0.6 is 0 Å². The first kappa shape index (κ1) is 9.05. The van der Waals surface area contributed by atoms with Crippen molar-refractivity contribution in [1.82, 2.24) is 9.97 Å². The molecule has 1 aromatic rings. The second-order valence-corrected chi connectivity index (χ2v) is 3.27. The molecule has 0 unspecified atom stereocenters. The maximum Gasteiger partial charge on any atom is 0.204 e. The summed E-state index contributed by atoms with van der Waals surface area (Å²) in [5.74, 6) is 2.17. The fraction of sp³-hybridized carbons (Fsp3) is 0.556. The number of anilines is 2. The topological polar surface area (TPSA) is 59.1 Å². The van der Waals surface area contributed by atoms with E-state index in [4.69, 9.17) is 4.74 Å². The quantitative estimate of drug-likeness (QED) is 0.751. The summed E-state index contributed by atoms with van der Waals surface area (Å²) in [7, 11) is 3.43. The largest absolute Gasteiger partial charge is 0.490 e. The molecule has 1 saturated carbocycles. The summed E-state index contributed by atoms with van der Waals surface area (Å²) in [6.45, 7) is 0. The molecule has 76 valence electrons. The van der Waals surface area contributed by atoms with Crippen LogP contribution in [0.2, 0.25) is 0 Å². The van der Waals surface area contributed by atoms with Crippen molar-refractivity contribution in [3.05, 3.63) is 6.33 Å². The van der Waals surface area contributed by atoms with Gasteiger partial charge in [-0.15, -0.1) is 0 Å². The molecule has 0 bridgehead atoms. The summed E-state index contributed by atoms with van der Waals surface area (Å²) in [6.07, 6.45) is 3.95. The minimum absolute atomic E-state index is 0.559. The summed E-state index contributed by atoms with van der Waals surface area (Å²) in [4.78, 5) is 8.22. The first-order chi connectivity index (χ1) is 6.85. The van der Waals surface area contributed by atoms with Gasteiger partial charge in [0.2, 0.25) is 5.75 Å². The number of aromatic nitrogens is 2. The second-order valence-electron chi connectivity index (χ2n) is 3.27. The van der Waals surface area contributed by atoms with Gasteiger partial charge >= 0.3 is 0 Å². The molecule has 1 aromatic heterocycles. The Bertz CT molecular complexity index is 325. The van der Waals surface area contributed by atoms with E-state index in [1.807, 2.05) is 7.05 Å². The van der Waals surface area contributed by atoms with Gasteiger partial charge in [-0.3, -0.25) is 0 Å². The summed E-state index contributed by atoms with van der Waals surface area (Å²) in [6, 6.07) is 0.559. The monoisotopic (exact) mass is 194 g/mol. The smallest absolute Gasteiger partial charge is 0.204 e. The fourth-order valence-electron chi connectivity index (χ4n) is 1.27. The number of rotatable bonds is 4. The highest BCUT2D eigenvalue weighted by Crippen LogP contribution is 2.32. The highest BCUT2D eigenvalue weighted by Gasteiger charge is 2.23. The summed E-state index contributed by atoms with van der Waals surface area (Å²) >= 11 is 0. The third kappa shape index (κ3) is 1.71. The van der Waals surface area contributed by atoms with E-state index < -0.39 is 0 Å². The van der Waals surface area contributed by atoms with Crippen molar-refractivity contribution < 1.29 is 4.74 Å². The summed E-state index contributed by atoms with van der Waals surface area (Å²) in [5, 5.41) is 6.26. The molecule has 1 aliphatic carbocycles. The fourth-order valence-corrected chi connectivity index (χ4v) is 1.27. The van der Waals surface area contributed by atoms with Gasteiger partial charge in [0.1, 0.15) is 6.33 Å². The SMILES string of the molecule is CNc1ncnc(NC2CC2)c1OC. The van der Waals surface area contributed by atoms with E-state index in [-0.39, 0.29) is 0 Å². The second kappa shape index (κ2) is 3.69. The molecule has 0 atom stereocenters. The zero-order valence-corrected chi connectivity index (χ0v) is 8.37. The van der Waals surface area contributed by atoms with Crippen molar-refractivity contribution in [2.24, 2.45) is 0 Å². The predicted molar refractivity (Wildman–Crippen MR) is 54.8 cm³/mol. The first-order valence-electron chi connectivity index (χ1n) is 4.68. The van der Waals surface area contributed by atoms with Crippen molar-refractivity contribution in [2.75, 3.05) is 24.8 Å². The van der Waals surface area contributed by atoms with Crippen LogP contribution in [0.15, 0.2) is 6.33 Å². The van der Waals surface area contributed by atoms with E-state index in [1.54, 1.807) is 7.11 Å². The molecule has 0 saturated heterocycles. The van der Waals surface area contributed by atoms with Crippen molar-refractivity contribution in [3.8, 4) is 5.75 Å². The minimum atomic E-state index is 0.559.